The van der Waals surface area contributed by atoms with E-state index in [9.17, 15) is 15.0 Å². The van der Waals surface area contributed by atoms with Gasteiger partial charge < -0.3 is 20.3 Å². The Morgan fingerprint density at radius 2 is 2.25 bits per heavy atom. The number of carbonyl (C=O) groups is 1. The van der Waals surface area contributed by atoms with Gasteiger partial charge in [0, 0.05) is 12.1 Å². The van der Waals surface area contributed by atoms with E-state index >= 15 is 0 Å². The first-order valence-electron chi connectivity index (χ1n) is 4.82. The Morgan fingerprint density at radius 1 is 1.56 bits per heavy atom. The van der Waals surface area contributed by atoms with Gasteiger partial charge in [-0.15, -0.1) is 0 Å². The number of benzene rings is 1. The fourth-order valence-electron chi connectivity index (χ4n) is 1.46. The molecule has 0 aliphatic rings. The van der Waals surface area contributed by atoms with E-state index in [0.29, 0.717) is 18.4 Å². The maximum Gasteiger partial charge on any atom is 0.160 e. The number of phenols is 1. The lowest BCUT2D eigenvalue weighted by Gasteiger charge is -2.14. The number of hydrogen-bond donors (Lipinski definition) is 3. The molecule has 1 aromatic rings. The lowest BCUT2D eigenvalue weighted by atomic mass is 10.0. The number of aldehydes is 1. The molecule has 0 aliphatic heterocycles. The van der Waals surface area contributed by atoms with Crippen molar-refractivity contribution >= 4 is 6.29 Å². The van der Waals surface area contributed by atoms with Crippen molar-refractivity contribution in [3.8, 4) is 11.5 Å². The van der Waals surface area contributed by atoms with Crippen LogP contribution in [0.15, 0.2) is 12.1 Å². The zero-order valence-corrected chi connectivity index (χ0v) is 9.23. The molecule has 1 atom stereocenters. The molecule has 1 rings (SSSR count). The summed E-state index contributed by atoms with van der Waals surface area (Å²) in [4.78, 5) is 10.8. The smallest absolute Gasteiger partial charge is 0.160 e. The third-order valence-electron chi connectivity index (χ3n) is 2.27. The van der Waals surface area contributed by atoms with Crippen LogP contribution in [-0.2, 0) is 0 Å². The second-order valence-corrected chi connectivity index (χ2v) is 3.34. The van der Waals surface area contributed by atoms with Crippen LogP contribution in [-0.4, -0.2) is 37.2 Å². The first kappa shape index (κ1) is 12.5. The molecule has 0 fully saturated rings. The van der Waals surface area contributed by atoms with Crippen molar-refractivity contribution in [2.45, 2.75) is 6.10 Å². The number of aliphatic hydroxyl groups excluding tert-OH is 1. The molecule has 0 heterocycles. The van der Waals surface area contributed by atoms with Crippen molar-refractivity contribution in [1.82, 2.24) is 5.32 Å². The van der Waals surface area contributed by atoms with E-state index in [1.54, 1.807) is 7.05 Å². The first-order chi connectivity index (χ1) is 7.63. The Labute approximate surface area is 93.7 Å². The SMILES string of the molecule is CNCC(O)c1cc(OC)c(O)cc1C=O. The van der Waals surface area contributed by atoms with Gasteiger partial charge in [0.25, 0.3) is 0 Å². The summed E-state index contributed by atoms with van der Waals surface area (Å²) in [6.07, 6.45) is -0.229. The second-order valence-electron chi connectivity index (χ2n) is 3.34. The lowest BCUT2D eigenvalue weighted by Crippen LogP contribution is -2.18. The largest absolute Gasteiger partial charge is 0.504 e. The van der Waals surface area contributed by atoms with Gasteiger partial charge in [-0.05, 0) is 24.7 Å². The lowest BCUT2D eigenvalue weighted by molar-refractivity contribution is 0.111. The predicted molar refractivity (Wildman–Crippen MR) is 58.9 cm³/mol. The molecule has 1 aromatic carbocycles. The van der Waals surface area contributed by atoms with Crippen molar-refractivity contribution in [2.24, 2.45) is 0 Å². The number of hydrogen-bond acceptors (Lipinski definition) is 5. The maximum absolute atomic E-state index is 10.8. The summed E-state index contributed by atoms with van der Waals surface area (Å²) in [6, 6.07) is 2.74. The molecule has 0 aromatic heterocycles. The molecule has 3 N–H and O–H groups in total. The van der Waals surface area contributed by atoms with Gasteiger partial charge in [-0.25, -0.2) is 0 Å². The number of methoxy groups -OCH3 is 1. The number of rotatable bonds is 5. The Bertz CT molecular complexity index is 378. The highest BCUT2D eigenvalue weighted by atomic mass is 16.5. The third-order valence-corrected chi connectivity index (χ3v) is 2.27. The average Bonchev–Trinajstić information content (AvgIpc) is 2.28. The van der Waals surface area contributed by atoms with Crippen LogP contribution in [0.5, 0.6) is 11.5 Å². The van der Waals surface area contributed by atoms with Crippen molar-refractivity contribution < 1.29 is 19.7 Å². The van der Waals surface area contributed by atoms with E-state index in [0.717, 1.165) is 0 Å². The van der Waals surface area contributed by atoms with Gasteiger partial charge in [-0.1, -0.05) is 0 Å². The molecule has 1 unspecified atom stereocenters. The van der Waals surface area contributed by atoms with Crippen LogP contribution in [0.4, 0.5) is 0 Å². The van der Waals surface area contributed by atoms with Crippen LogP contribution in [0.25, 0.3) is 0 Å². The summed E-state index contributed by atoms with van der Waals surface area (Å²) in [6.45, 7) is 0.314. The molecule has 0 radical (unpaired) electrons. The molecule has 16 heavy (non-hydrogen) atoms. The molecule has 0 saturated carbocycles. The van der Waals surface area contributed by atoms with Gasteiger partial charge in [-0.3, -0.25) is 4.79 Å². The van der Waals surface area contributed by atoms with Crippen LogP contribution in [0.2, 0.25) is 0 Å². The summed E-state index contributed by atoms with van der Waals surface area (Å²) < 4.78 is 4.92. The molecular formula is C11H15NO4. The number of nitrogens with one attached hydrogen (secondary N) is 1. The van der Waals surface area contributed by atoms with Gasteiger partial charge in [0.05, 0.1) is 13.2 Å². The van der Waals surface area contributed by atoms with Gasteiger partial charge in [0.1, 0.15) is 0 Å². The molecule has 0 spiro atoms. The monoisotopic (exact) mass is 225 g/mol. The summed E-state index contributed by atoms with van der Waals surface area (Å²) in [5.74, 6) is 0.112. The number of aliphatic hydroxyl groups is 1. The Kier molecular flexibility index (Phi) is 4.28. The van der Waals surface area contributed by atoms with E-state index in [2.05, 4.69) is 5.32 Å². The number of phenolic OH excluding ortho intramolecular Hbond substituents is 1. The molecule has 5 nitrogen and oxygen atoms in total. The quantitative estimate of drug-likeness (QED) is 0.635. The van der Waals surface area contributed by atoms with Crippen LogP contribution >= 0.6 is 0 Å². The number of ether oxygens (including phenoxy) is 1. The van der Waals surface area contributed by atoms with Crippen molar-refractivity contribution in [2.75, 3.05) is 20.7 Å². The fourth-order valence-corrected chi connectivity index (χ4v) is 1.46. The molecule has 0 aliphatic carbocycles. The minimum Gasteiger partial charge on any atom is -0.504 e. The normalized spacial score (nSPS) is 12.2. The minimum absolute atomic E-state index is 0.120. The molecule has 0 amide bonds. The predicted octanol–water partition coefficient (Wildman–Crippen LogP) is 0.466. The average molecular weight is 225 g/mol. The topological polar surface area (TPSA) is 78.8 Å². The highest BCUT2D eigenvalue weighted by Crippen LogP contribution is 2.31. The Morgan fingerprint density at radius 3 is 2.75 bits per heavy atom. The second kappa shape index (κ2) is 5.48. The molecule has 0 bridgehead atoms. The molecular weight excluding hydrogens is 210 g/mol. The summed E-state index contributed by atoms with van der Waals surface area (Å²) >= 11 is 0. The van der Waals surface area contributed by atoms with Crippen LogP contribution in [0, 0.1) is 0 Å². The molecule has 0 saturated heterocycles. The summed E-state index contributed by atoms with van der Waals surface area (Å²) in [5, 5.41) is 22.1. The zero-order valence-electron chi connectivity index (χ0n) is 9.23. The summed E-state index contributed by atoms with van der Waals surface area (Å²) in [5.41, 5.74) is 0.681. The van der Waals surface area contributed by atoms with E-state index in [1.807, 2.05) is 0 Å². The van der Waals surface area contributed by atoms with Gasteiger partial charge in [0.2, 0.25) is 0 Å². The highest BCUT2D eigenvalue weighted by Gasteiger charge is 2.15. The van der Waals surface area contributed by atoms with E-state index in [-0.39, 0.29) is 17.1 Å². The van der Waals surface area contributed by atoms with Crippen molar-refractivity contribution in [3.63, 3.8) is 0 Å². The fraction of sp³-hybridized carbons (Fsp3) is 0.364. The highest BCUT2D eigenvalue weighted by molar-refractivity contribution is 5.79. The Balaban J connectivity index is 3.18. The van der Waals surface area contributed by atoms with Crippen LogP contribution in [0.1, 0.15) is 22.0 Å². The van der Waals surface area contributed by atoms with E-state index < -0.39 is 6.10 Å². The number of carbonyl (C=O) groups excluding carboxylic acids is 1. The third kappa shape index (κ3) is 2.50. The van der Waals surface area contributed by atoms with E-state index in [4.69, 9.17) is 4.74 Å². The zero-order chi connectivity index (χ0) is 12.1. The number of likely N-dealkylation sites (N-methyl/N-ethyl adjacent to an activating group) is 1. The van der Waals surface area contributed by atoms with Crippen LogP contribution < -0.4 is 10.1 Å². The first-order valence-corrected chi connectivity index (χ1v) is 4.82. The molecule has 88 valence electrons. The summed E-state index contributed by atoms with van der Waals surface area (Å²) in [7, 11) is 3.10. The van der Waals surface area contributed by atoms with Crippen LogP contribution in [0.3, 0.4) is 0 Å². The Hall–Kier alpha value is -1.59. The maximum atomic E-state index is 10.8. The van der Waals surface area contributed by atoms with Gasteiger partial charge in [0.15, 0.2) is 17.8 Å². The molecule has 5 heteroatoms. The van der Waals surface area contributed by atoms with Crippen molar-refractivity contribution in [3.05, 3.63) is 23.3 Å². The standard InChI is InChI=1S/C11H15NO4/c1-12-5-10(15)8-4-11(16-2)9(14)3-7(8)6-13/h3-4,6,10,12,14-15H,5H2,1-2H3. The minimum atomic E-state index is -0.820. The van der Waals surface area contributed by atoms with Gasteiger partial charge in [-0.2, -0.15) is 0 Å². The van der Waals surface area contributed by atoms with E-state index in [1.165, 1.54) is 19.2 Å². The van der Waals surface area contributed by atoms with Gasteiger partial charge >= 0.3 is 0 Å². The number of aromatic hydroxyl groups is 1. The van der Waals surface area contributed by atoms with Crippen molar-refractivity contribution in [1.29, 1.82) is 0 Å².